The summed E-state index contributed by atoms with van der Waals surface area (Å²) in [6, 6.07) is 1.60. The second kappa shape index (κ2) is 6.62. The van der Waals surface area contributed by atoms with Crippen molar-refractivity contribution < 1.29 is 13.4 Å². The molecule has 2 aromatic heterocycles. The highest BCUT2D eigenvalue weighted by Gasteiger charge is 2.35. The van der Waals surface area contributed by atoms with Crippen molar-refractivity contribution in [2.45, 2.75) is 69.6 Å². The Kier molecular flexibility index (Phi) is 4.57. The molecule has 0 radical (unpaired) electrons. The van der Waals surface area contributed by atoms with Crippen molar-refractivity contribution in [2.75, 3.05) is 0 Å². The minimum atomic E-state index is -1.21. The number of rotatable bonds is 4. The van der Waals surface area contributed by atoms with Gasteiger partial charge in [-0.2, -0.15) is 0 Å². The lowest BCUT2D eigenvalue weighted by molar-refractivity contribution is 0.401. The number of hydrogen-bond donors (Lipinski definition) is 1. The van der Waals surface area contributed by atoms with E-state index in [1.54, 1.807) is 6.07 Å². The SMILES string of the molecule is CC(C)(C)[S+]([O-])N[C@H]1CCCc2nc(-c3cc(C4CC4)ncc3F)oc21. The number of oxazole rings is 1. The first-order valence-electron chi connectivity index (χ1n) is 9.16. The third-order valence-electron chi connectivity index (χ3n) is 4.86. The van der Waals surface area contributed by atoms with Gasteiger partial charge in [0.05, 0.1) is 17.5 Å². The number of aryl methyl sites for hydroxylation is 1. The molecule has 2 aliphatic carbocycles. The van der Waals surface area contributed by atoms with Crippen LogP contribution in [0.1, 0.15) is 75.6 Å². The number of nitrogens with zero attached hydrogens (tertiary/aromatic N) is 2. The Balaban J connectivity index is 1.64. The Bertz CT molecular complexity index is 814. The van der Waals surface area contributed by atoms with E-state index >= 15 is 0 Å². The number of hydrogen-bond acceptors (Lipinski definition) is 5. The van der Waals surface area contributed by atoms with Gasteiger partial charge in [-0.3, -0.25) is 4.98 Å². The topological polar surface area (TPSA) is 74.0 Å². The molecule has 7 heteroatoms. The molecular formula is C19H24FN3O2S. The molecule has 0 bridgehead atoms. The third-order valence-corrected chi connectivity index (χ3v) is 6.47. The average molecular weight is 377 g/mol. The number of nitrogens with one attached hydrogen (secondary N) is 1. The minimum Gasteiger partial charge on any atom is -0.598 e. The second-order valence-corrected chi connectivity index (χ2v) is 10.1. The van der Waals surface area contributed by atoms with Gasteiger partial charge in [-0.15, -0.1) is 4.72 Å². The predicted octanol–water partition coefficient (Wildman–Crippen LogP) is 4.18. The lowest BCUT2D eigenvalue weighted by Gasteiger charge is -2.28. The fraction of sp³-hybridized carbons (Fsp3) is 0.579. The van der Waals surface area contributed by atoms with Gasteiger partial charge in [0.2, 0.25) is 5.89 Å². The lowest BCUT2D eigenvalue weighted by atomic mass is 9.98. The van der Waals surface area contributed by atoms with Gasteiger partial charge in [0.1, 0.15) is 16.5 Å². The van der Waals surface area contributed by atoms with Gasteiger partial charge < -0.3 is 8.97 Å². The van der Waals surface area contributed by atoms with Gasteiger partial charge in [0, 0.05) is 23.0 Å². The van der Waals surface area contributed by atoms with Gasteiger partial charge in [-0.05, 0) is 58.9 Å². The van der Waals surface area contributed by atoms with Crippen LogP contribution in [0.3, 0.4) is 0 Å². The van der Waals surface area contributed by atoms with Crippen molar-refractivity contribution in [3.63, 3.8) is 0 Å². The maximum absolute atomic E-state index is 14.3. The van der Waals surface area contributed by atoms with Gasteiger partial charge in [-0.25, -0.2) is 9.37 Å². The first-order valence-corrected chi connectivity index (χ1v) is 10.3. The molecule has 4 rings (SSSR count). The number of halogens is 1. The lowest BCUT2D eigenvalue weighted by Crippen LogP contribution is -2.41. The maximum Gasteiger partial charge on any atom is 0.229 e. The van der Waals surface area contributed by atoms with E-state index in [4.69, 9.17) is 4.42 Å². The maximum atomic E-state index is 14.3. The summed E-state index contributed by atoms with van der Waals surface area (Å²) in [5.74, 6) is 0.999. The molecule has 0 spiro atoms. The largest absolute Gasteiger partial charge is 0.598 e. The molecule has 2 atom stereocenters. The van der Waals surface area contributed by atoms with Gasteiger partial charge in [0.15, 0.2) is 5.82 Å². The van der Waals surface area contributed by atoms with Gasteiger partial charge in [0.25, 0.3) is 0 Å². The molecule has 1 N–H and O–H groups in total. The van der Waals surface area contributed by atoms with Crippen LogP contribution in [0.15, 0.2) is 16.7 Å². The summed E-state index contributed by atoms with van der Waals surface area (Å²) < 4.78 is 35.6. The zero-order valence-corrected chi connectivity index (χ0v) is 16.2. The molecule has 0 saturated heterocycles. The van der Waals surface area contributed by atoms with Crippen molar-refractivity contribution in [1.29, 1.82) is 0 Å². The molecule has 26 heavy (non-hydrogen) atoms. The summed E-state index contributed by atoms with van der Waals surface area (Å²) in [6.07, 6.45) is 6.02. The Morgan fingerprint density at radius 2 is 2.08 bits per heavy atom. The summed E-state index contributed by atoms with van der Waals surface area (Å²) >= 11 is -1.21. The van der Waals surface area contributed by atoms with Crippen LogP contribution in [-0.4, -0.2) is 19.3 Å². The van der Waals surface area contributed by atoms with E-state index in [1.807, 2.05) is 20.8 Å². The first kappa shape index (κ1) is 17.9. The molecule has 1 saturated carbocycles. The highest BCUT2D eigenvalue weighted by atomic mass is 32.2. The highest BCUT2D eigenvalue weighted by molar-refractivity contribution is 7.90. The molecule has 0 aromatic carbocycles. The molecule has 2 aromatic rings. The third kappa shape index (κ3) is 3.52. The number of pyridine rings is 1. The summed E-state index contributed by atoms with van der Waals surface area (Å²) in [5, 5.41) is 0. The highest BCUT2D eigenvalue weighted by Crippen LogP contribution is 2.41. The zero-order chi connectivity index (χ0) is 18.5. The number of aromatic nitrogens is 2. The van der Waals surface area contributed by atoms with Crippen LogP contribution in [0.25, 0.3) is 11.5 Å². The normalized spacial score (nSPS) is 21.5. The van der Waals surface area contributed by atoms with E-state index in [9.17, 15) is 8.94 Å². The molecule has 5 nitrogen and oxygen atoms in total. The average Bonchev–Trinajstić information content (AvgIpc) is 3.33. The fourth-order valence-corrected chi connectivity index (χ4v) is 4.01. The number of fused-ring (bicyclic) bond motifs is 1. The summed E-state index contributed by atoms with van der Waals surface area (Å²) in [5.41, 5.74) is 2.10. The van der Waals surface area contributed by atoms with E-state index < -0.39 is 17.2 Å². The first-order chi connectivity index (χ1) is 12.3. The molecule has 1 unspecified atom stereocenters. The monoisotopic (exact) mass is 377 g/mol. The van der Waals surface area contributed by atoms with Crippen molar-refractivity contribution in [3.8, 4) is 11.5 Å². The van der Waals surface area contributed by atoms with Crippen LogP contribution in [0.5, 0.6) is 0 Å². The van der Waals surface area contributed by atoms with Crippen LogP contribution in [0, 0.1) is 5.82 Å². The smallest absolute Gasteiger partial charge is 0.229 e. The van der Waals surface area contributed by atoms with Gasteiger partial charge >= 0.3 is 0 Å². The molecule has 0 aliphatic heterocycles. The van der Waals surface area contributed by atoms with Crippen LogP contribution >= 0.6 is 0 Å². The Hall–Kier alpha value is -1.44. The van der Waals surface area contributed by atoms with Gasteiger partial charge in [-0.1, -0.05) is 0 Å². The van der Waals surface area contributed by atoms with Crippen molar-refractivity contribution in [1.82, 2.24) is 14.7 Å². The quantitative estimate of drug-likeness (QED) is 0.809. The van der Waals surface area contributed by atoms with E-state index in [2.05, 4.69) is 14.7 Å². The molecule has 140 valence electrons. The molecule has 0 amide bonds. The fourth-order valence-electron chi connectivity index (χ4n) is 3.17. The Labute approximate surface area is 156 Å². The molecule has 2 aliphatic rings. The molecule has 1 fully saturated rings. The summed E-state index contributed by atoms with van der Waals surface area (Å²) in [4.78, 5) is 8.74. The van der Waals surface area contributed by atoms with E-state index in [1.165, 1.54) is 6.20 Å². The van der Waals surface area contributed by atoms with Crippen molar-refractivity contribution >= 4 is 11.4 Å². The predicted molar refractivity (Wildman–Crippen MR) is 98.4 cm³/mol. The standard InChI is InChI=1S/C19H24FN3O2S/c1-19(2,3)26(24)23-15-6-4-5-14-17(15)25-18(22-14)12-9-16(11-7-8-11)21-10-13(12)20/h9-11,15,23H,4-8H2,1-3H3/t15-,26?/m0/s1. The minimum absolute atomic E-state index is 0.159. The second-order valence-electron chi connectivity index (χ2n) is 8.14. The van der Waals surface area contributed by atoms with E-state index in [0.717, 1.165) is 43.5 Å². The van der Waals surface area contributed by atoms with Crippen LogP contribution in [-0.2, 0) is 17.8 Å². The zero-order valence-electron chi connectivity index (χ0n) is 15.3. The summed E-state index contributed by atoms with van der Waals surface area (Å²) in [6.45, 7) is 5.78. The molecular weight excluding hydrogens is 353 g/mol. The van der Waals surface area contributed by atoms with E-state index in [-0.39, 0.29) is 10.8 Å². The van der Waals surface area contributed by atoms with Crippen molar-refractivity contribution in [3.05, 3.63) is 35.2 Å². The van der Waals surface area contributed by atoms with E-state index in [0.29, 0.717) is 23.1 Å². The van der Waals surface area contributed by atoms with Crippen molar-refractivity contribution in [2.24, 2.45) is 0 Å². The Morgan fingerprint density at radius 1 is 1.31 bits per heavy atom. The van der Waals surface area contributed by atoms with Crippen LogP contribution in [0.2, 0.25) is 0 Å². The Morgan fingerprint density at radius 3 is 2.77 bits per heavy atom. The summed E-state index contributed by atoms with van der Waals surface area (Å²) in [7, 11) is 0. The van der Waals surface area contributed by atoms with Crippen LogP contribution in [0.4, 0.5) is 4.39 Å². The van der Waals surface area contributed by atoms with Crippen LogP contribution < -0.4 is 4.72 Å². The molecule has 2 heterocycles.